The van der Waals surface area contributed by atoms with Gasteiger partial charge in [-0.05, 0) is 41.5 Å². The van der Waals surface area contributed by atoms with E-state index in [-0.39, 0.29) is 0 Å². The van der Waals surface area contributed by atoms with E-state index in [1.807, 2.05) is 0 Å². The predicted octanol–water partition coefficient (Wildman–Crippen LogP) is 5.34. The summed E-state index contributed by atoms with van der Waals surface area (Å²) < 4.78 is 0. The van der Waals surface area contributed by atoms with Crippen LogP contribution in [-0.2, 0) is 24.6 Å². The first-order chi connectivity index (χ1) is 9.31. The first-order valence-electron chi connectivity index (χ1n) is 6.59. The second-order valence-electron chi connectivity index (χ2n) is 4.75. The molecule has 0 fully saturated rings. The van der Waals surface area contributed by atoms with Crippen LogP contribution in [0.2, 0.25) is 0 Å². The fourth-order valence-electron chi connectivity index (χ4n) is 2.09. The summed E-state index contributed by atoms with van der Waals surface area (Å²) in [4.78, 5) is 0. The van der Waals surface area contributed by atoms with Crippen molar-refractivity contribution in [2.24, 2.45) is 0 Å². The van der Waals surface area contributed by atoms with Crippen molar-refractivity contribution in [1.29, 1.82) is 0 Å². The van der Waals surface area contributed by atoms with E-state index in [0.29, 0.717) is 11.8 Å². The van der Waals surface area contributed by atoms with Gasteiger partial charge in [0.15, 0.2) is 0 Å². The minimum atomic E-state index is 0.590. The Bertz CT molecular complexity index is 438. The summed E-state index contributed by atoms with van der Waals surface area (Å²) in [7, 11) is 0. The van der Waals surface area contributed by atoms with Crippen molar-refractivity contribution in [3.8, 4) is 0 Å². The van der Waals surface area contributed by atoms with Crippen molar-refractivity contribution in [2.45, 2.75) is 31.0 Å². The molecular weight excluding hydrogens is 275 g/mol. The van der Waals surface area contributed by atoms with Gasteiger partial charge in [0.2, 0.25) is 0 Å². The number of alkyl halides is 2. The molecule has 0 radical (unpaired) electrons. The van der Waals surface area contributed by atoms with Gasteiger partial charge in [0.1, 0.15) is 0 Å². The lowest BCUT2D eigenvalue weighted by Crippen LogP contribution is -1.91. The Morgan fingerprint density at radius 3 is 1.16 bits per heavy atom. The summed E-state index contributed by atoms with van der Waals surface area (Å²) in [6, 6.07) is 17.1. The zero-order valence-corrected chi connectivity index (χ0v) is 12.4. The average Bonchev–Trinajstić information content (AvgIpc) is 2.49. The zero-order chi connectivity index (χ0) is 13.5. The number of aryl methyl sites for hydroxylation is 2. The van der Waals surface area contributed by atoms with E-state index >= 15 is 0 Å². The van der Waals surface area contributed by atoms with Crippen molar-refractivity contribution in [3.63, 3.8) is 0 Å². The number of halogens is 2. The Kier molecular flexibility index (Phi) is 5.75. The fraction of sp³-hybridized carbons (Fsp3) is 0.294. The van der Waals surface area contributed by atoms with Crippen LogP contribution in [0.1, 0.15) is 28.7 Å². The number of hydrogen-bond acceptors (Lipinski definition) is 0. The molecule has 2 heteroatoms. The first kappa shape index (κ1) is 14.4. The van der Waals surface area contributed by atoms with Crippen LogP contribution < -0.4 is 0 Å². The number of rotatable bonds is 6. The molecule has 0 N–H and O–H groups in total. The van der Waals surface area contributed by atoms with Crippen LogP contribution in [0.15, 0.2) is 48.5 Å². The minimum absolute atomic E-state index is 0.590. The number of benzene rings is 2. The molecule has 0 bridgehead atoms. The van der Waals surface area contributed by atoms with Crippen molar-refractivity contribution in [3.05, 3.63) is 70.8 Å². The Hall–Kier alpha value is -0.980. The molecule has 0 saturated heterocycles. The van der Waals surface area contributed by atoms with E-state index < -0.39 is 0 Å². The summed E-state index contributed by atoms with van der Waals surface area (Å²) >= 11 is 11.6. The van der Waals surface area contributed by atoms with E-state index in [1.54, 1.807) is 0 Å². The molecule has 0 saturated carbocycles. The zero-order valence-electron chi connectivity index (χ0n) is 10.9. The maximum atomic E-state index is 5.78. The molecule has 0 amide bonds. The molecule has 19 heavy (non-hydrogen) atoms. The first-order valence-corrected chi connectivity index (χ1v) is 7.66. The third kappa shape index (κ3) is 4.56. The fourth-order valence-corrected chi connectivity index (χ4v) is 2.44. The van der Waals surface area contributed by atoms with Crippen LogP contribution in [0.3, 0.4) is 0 Å². The van der Waals surface area contributed by atoms with E-state index in [4.69, 9.17) is 23.2 Å². The van der Waals surface area contributed by atoms with Gasteiger partial charge in [0.25, 0.3) is 0 Å². The lowest BCUT2D eigenvalue weighted by Gasteiger charge is -2.04. The van der Waals surface area contributed by atoms with Crippen LogP contribution in [0.5, 0.6) is 0 Å². The summed E-state index contributed by atoms with van der Waals surface area (Å²) in [6.07, 6.45) is 3.39. The van der Waals surface area contributed by atoms with Crippen LogP contribution >= 0.6 is 23.2 Å². The molecule has 2 aromatic carbocycles. The monoisotopic (exact) mass is 292 g/mol. The van der Waals surface area contributed by atoms with Gasteiger partial charge in [0.05, 0.1) is 0 Å². The highest BCUT2D eigenvalue weighted by Crippen LogP contribution is 2.12. The Morgan fingerprint density at radius 2 is 0.842 bits per heavy atom. The van der Waals surface area contributed by atoms with E-state index in [0.717, 1.165) is 12.8 Å². The normalized spacial score (nSPS) is 10.6. The van der Waals surface area contributed by atoms with Crippen LogP contribution in [0.25, 0.3) is 0 Å². The molecule has 0 unspecified atom stereocenters. The molecular formula is C17H18Cl2. The van der Waals surface area contributed by atoms with Gasteiger partial charge in [-0.3, -0.25) is 0 Å². The van der Waals surface area contributed by atoms with E-state index in [9.17, 15) is 0 Å². The van der Waals surface area contributed by atoms with Gasteiger partial charge in [-0.15, -0.1) is 23.2 Å². The van der Waals surface area contributed by atoms with Gasteiger partial charge >= 0.3 is 0 Å². The van der Waals surface area contributed by atoms with Crippen LogP contribution in [0, 0.1) is 0 Å². The third-order valence-corrected chi connectivity index (χ3v) is 3.90. The smallest absolute Gasteiger partial charge is 0.0474 e. The molecule has 0 spiro atoms. The van der Waals surface area contributed by atoms with E-state index in [1.165, 1.54) is 28.7 Å². The third-order valence-electron chi connectivity index (χ3n) is 3.29. The van der Waals surface area contributed by atoms with Crippen LogP contribution in [0.4, 0.5) is 0 Å². The predicted molar refractivity (Wildman–Crippen MR) is 84.0 cm³/mol. The minimum Gasteiger partial charge on any atom is -0.122 e. The molecule has 2 aromatic rings. The molecule has 100 valence electrons. The largest absolute Gasteiger partial charge is 0.122 e. The SMILES string of the molecule is ClCc1ccc(CCCc2ccc(CCl)cc2)cc1. The summed E-state index contributed by atoms with van der Waals surface area (Å²) in [5.74, 6) is 1.18. The van der Waals surface area contributed by atoms with Gasteiger partial charge in [-0.25, -0.2) is 0 Å². The van der Waals surface area contributed by atoms with Gasteiger partial charge in [-0.2, -0.15) is 0 Å². The molecule has 0 aliphatic carbocycles. The molecule has 2 rings (SSSR count). The Morgan fingerprint density at radius 1 is 0.526 bits per heavy atom. The summed E-state index contributed by atoms with van der Waals surface area (Å²) in [5.41, 5.74) is 5.13. The lowest BCUT2D eigenvalue weighted by molar-refractivity contribution is 0.820. The highest BCUT2D eigenvalue weighted by Gasteiger charge is 1.97. The van der Waals surface area contributed by atoms with Gasteiger partial charge in [-0.1, -0.05) is 48.5 Å². The molecule has 0 atom stereocenters. The number of hydrogen-bond donors (Lipinski definition) is 0. The molecule has 0 nitrogen and oxygen atoms in total. The summed E-state index contributed by atoms with van der Waals surface area (Å²) in [6.45, 7) is 0. The topological polar surface area (TPSA) is 0 Å². The van der Waals surface area contributed by atoms with Gasteiger partial charge in [0, 0.05) is 11.8 Å². The molecule has 0 aliphatic rings. The molecule has 0 aliphatic heterocycles. The lowest BCUT2D eigenvalue weighted by atomic mass is 10.0. The highest BCUT2D eigenvalue weighted by atomic mass is 35.5. The maximum absolute atomic E-state index is 5.78. The van der Waals surface area contributed by atoms with Crippen LogP contribution in [-0.4, -0.2) is 0 Å². The quantitative estimate of drug-likeness (QED) is 0.631. The standard InChI is InChI=1S/C17H18Cl2/c18-12-16-8-4-14(5-9-16)2-1-3-15-6-10-17(13-19)11-7-15/h4-11H,1-3,12-13H2. The highest BCUT2D eigenvalue weighted by molar-refractivity contribution is 6.17. The van der Waals surface area contributed by atoms with Crippen molar-refractivity contribution in [1.82, 2.24) is 0 Å². The van der Waals surface area contributed by atoms with Crippen molar-refractivity contribution < 1.29 is 0 Å². The summed E-state index contributed by atoms with van der Waals surface area (Å²) in [5, 5.41) is 0. The van der Waals surface area contributed by atoms with Crippen molar-refractivity contribution >= 4 is 23.2 Å². The molecule has 0 aromatic heterocycles. The van der Waals surface area contributed by atoms with E-state index in [2.05, 4.69) is 48.5 Å². The molecule has 0 heterocycles. The Labute approximate surface area is 125 Å². The van der Waals surface area contributed by atoms with Crippen molar-refractivity contribution in [2.75, 3.05) is 0 Å². The maximum Gasteiger partial charge on any atom is 0.0474 e. The second kappa shape index (κ2) is 7.57. The second-order valence-corrected chi connectivity index (χ2v) is 5.29. The van der Waals surface area contributed by atoms with Gasteiger partial charge < -0.3 is 0 Å². The average molecular weight is 293 g/mol. The Balaban J connectivity index is 1.81.